The number of ketones is 1. The molecule has 23 heavy (non-hydrogen) atoms. The molecule has 0 radical (unpaired) electrons. The molecule has 0 unspecified atom stereocenters. The van der Waals surface area contributed by atoms with Crippen LogP contribution in [0.25, 0.3) is 0 Å². The summed E-state index contributed by atoms with van der Waals surface area (Å²) in [7, 11) is 0. The summed E-state index contributed by atoms with van der Waals surface area (Å²) in [5.74, 6) is -0.114. The van der Waals surface area contributed by atoms with Gasteiger partial charge in [0.1, 0.15) is 5.71 Å². The van der Waals surface area contributed by atoms with Crippen molar-refractivity contribution in [2.24, 2.45) is 4.99 Å². The number of rotatable bonds is 4. The molecule has 0 saturated carbocycles. The second kappa shape index (κ2) is 7.03. The molecule has 0 aliphatic heterocycles. The summed E-state index contributed by atoms with van der Waals surface area (Å²) in [6, 6.07) is 25.7. The summed E-state index contributed by atoms with van der Waals surface area (Å²) in [5, 5.41) is 0.625. The Hall–Kier alpha value is -2.71. The first-order valence-electron chi connectivity index (χ1n) is 7.23. The number of carbonyl (C=O) groups excluding carboxylic acids is 1. The highest BCUT2D eigenvalue weighted by molar-refractivity contribution is 6.51. The minimum Gasteiger partial charge on any atom is -0.287 e. The van der Waals surface area contributed by atoms with Gasteiger partial charge in [0, 0.05) is 16.1 Å². The van der Waals surface area contributed by atoms with E-state index in [-0.39, 0.29) is 5.78 Å². The van der Waals surface area contributed by atoms with E-state index in [9.17, 15) is 4.79 Å². The van der Waals surface area contributed by atoms with Crippen molar-refractivity contribution in [3.8, 4) is 0 Å². The molecule has 3 aromatic carbocycles. The van der Waals surface area contributed by atoms with E-state index in [2.05, 4.69) is 4.99 Å². The Labute approximate surface area is 140 Å². The van der Waals surface area contributed by atoms with Gasteiger partial charge in [0.15, 0.2) is 0 Å². The van der Waals surface area contributed by atoms with Crippen molar-refractivity contribution >= 4 is 28.8 Å². The molecule has 0 spiro atoms. The first-order chi connectivity index (χ1) is 11.2. The molecule has 0 amide bonds. The molecule has 0 aliphatic carbocycles. The lowest BCUT2D eigenvalue weighted by Crippen LogP contribution is -2.15. The van der Waals surface area contributed by atoms with Gasteiger partial charge in [-0.25, -0.2) is 4.99 Å². The third-order valence-electron chi connectivity index (χ3n) is 3.37. The van der Waals surface area contributed by atoms with Crippen molar-refractivity contribution < 1.29 is 4.79 Å². The van der Waals surface area contributed by atoms with Gasteiger partial charge >= 0.3 is 0 Å². The summed E-state index contributed by atoms with van der Waals surface area (Å²) >= 11 is 5.95. The quantitative estimate of drug-likeness (QED) is 0.471. The van der Waals surface area contributed by atoms with E-state index in [0.29, 0.717) is 16.3 Å². The van der Waals surface area contributed by atoms with Crippen LogP contribution in [0, 0.1) is 0 Å². The summed E-state index contributed by atoms with van der Waals surface area (Å²) in [5.41, 5.74) is 2.49. The van der Waals surface area contributed by atoms with Gasteiger partial charge < -0.3 is 0 Å². The second-order valence-electron chi connectivity index (χ2n) is 5.00. The first kappa shape index (κ1) is 15.2. The van der Waals surface area contributed by atoms with E-state index in [4.69, 9.17) is 11.6 Å². The molecular formula is C20H14ClNO. The van der Waals surface area contributed by atoms with Gasteiger partial charge in [-0.05, 0) is 24.3 Å². The zero-order chi connectivity index (χ0) is 16.1. The summed E-state index contributed by atoms with van der Waals surface area (Å²) in [6.45, 7) is 0. The van der Waals surface area contributed by atoms with Crippen LogP contribution in [0.1, 0.15) is 15.9 Å². The van der Waals surface area contributed by atoms with Crippen LogP contribution >= 0.6 is 11.6 Å². The van der Waals surface area contributed by atoms with Crippen LogP contribution in [0.5, 0.6) is 0 Å². The highest BCUT2D eigenvalue weighted by Gasteiger charge is 2.16. The molecule has 112 valence electrons. The molecule has 0 aromatic heterocycles. The zero-order valence-corrected chi connectivity index (χ0v) is 13.1. The Morgan fingerprint density at radius 2 is 1.26 bits per heavy atom. The molecule has 0 saturated heterocycles. The first-order valence-corrected chi connectivity index (χ1v) is 7.61. The van der Waals surface area contributed by atoms with Crippen LogP contribution in [0.15, 0.2) is 89.9 Å². The van der Waals surface area contributed by atoms with Gasteiger partial charge in [-0.1, -0.05) is 72.3 Å². The van der Waals surface area contributed by atoms with Crippen molar-refractivity contribution in [2.75, 3.05) is 0 Å². The number of hydrogen-bond donors (Lipinski definition) is 0. The van der Waals surface area contributed by atoms with Crippen molar-refractivity contribution in [1.82, 2.24) is 0 Å². The lowest BCUT2D eigenvalue weighted by atomic mass is 10.0. The van der Waals surface area contributed by atoms with E-state index >= 15 is 0 Å². The number of Topliss-reactive ketones (excluding diaryl/α,β-unsaturated/α-hetero) is 1. The molecule has 2 nitrogen and oxygen atoms in total. The number of carbonyl (C=O) groups is 1. The third-order valence-corrected chi connectivity index (χ3v) is 3.62. The highest BCUT2D eigenvalue weighted by Crippen LogP contribution is 2.18. The molecule has 0 N–H and O–H groups in total. The summed E-state index contributed by atoms with van der Waals surface area (Å²) in [6.07, 6.45) is 0. The SMILES string of the molecule is O=C(C(=Nc1ccccc1)c1ccc(Cl)cc1)c1ccccc1. The standard InChI is InChI=1S/C20H14ClNO/c21-17-13-11-15(12-14-17)19(22-18-9-5-2-6-10-18)20(23)16-7-3-1-4-8-16/h1-14H. The van der Waals surface area contributed by atoms with Crippen molar-refractivity contribution in [3.63, 3.8) is 0 Å². The molecule has 0 bridgehead atoms. The topological polar surface area (TPSA) is 29.4 Å². The van der Waals surface area contributed by atoms with E-state index in [1.54, 1.807) is 24.3 Å². The van der Waals surface area contributed by atoms with Gasteiger partial charge in [0.05, 0.1) is 5.69 Å². The normalized spacial score (nSPS) is 11.3. The summed E-state index contributed by atoms with van der Waals surface area (Å²) < 4.78 is 0. The molecule has 3 rings (SSSR count). The second-order valence-corrected chi connectivity index (χ2v) is 5.43. The minimum absolute atomic E-state index is 0.114. The Balaban J connectivity index is 2.08. The lowest BCUT2D eigenvalue weighted by molar-refractivity contribution is 0.106. The Kier molecular flexibility index (Phi) is 4.65. The fourth-order valence-electron chi connectivity index (χ4n) is 2.21. The maximum Gasteiger partial charge on any atom is 0.211 e. The van der Waals surface area contributed by atoms with Gasteiger partial charge in [-0.3, -0.25) is 4.79 Å². The molecule has 0 atom stereocenters. The number of nitrogens with zero attached hydrogens (tertiary/aromatic N) is 1. The van der Waals surface area contributed by atoms with Gasteiger partial charge in [0.2, 0.25) is 5.78 Å². The molecule has 3 aromatic rings. The van der Waals surface area contributed by atoms with Crippen molar-refractivity contribution in [3.05, 3.63) is 101 Å². The monoisotopic (exact) mass is 319 g/mol. The average molecular weight is 320 g/mol. The fraction of sp³-hybridized carbons (Fsp3) is 0. The fourth-order valence-corrected chi connectivity index (χ4v) is 2.34. The number of hydrogen-bond acceptors (Lipinski definition) is 2. The molecular weight excluding hydrogens is 306 g/mol. The van der Waals surface area contributed by atoms with Crippen LogP contribution in [0.2, 0.25) is 5.02 Å². The molecule has 0 fully saturated rings. The predicted molar refractivity (Wildman–Crippen MR) is 94.9 cm³/mol. The number of benzene rings is 3. The predicted octanol–water partition coefficient (Wildman–Crippen LogP) is 5.34. The van der Waals surface area contributed by atoms with Gasteiger partial charge in [0.25, 0.3) is 0 Å². The van der Waals surface area contributed by atoms with Crippen LogP contribution in [0.4, 0.5) is 5.69 Å². The maximum atomic E-state index is 12.9. The molecule has 3 heteroatoms. The Morgan fingerprint density at radius 1 is 0.696 bits per heavy atom. The smallest absolute Gasteiger partial charge is 0.211 e. The largest absolute Gasteiger partial charge is 0.287 e. The maximum absolute atomic E-state index is 12.9. The van der Waals surface area contributed by atoms with E-state index in [0.717, 1.165) is 11.3 Å². The highest BCUT2D eigenvalue weighted by atomic mass is 35.5. The van der Waals surface area contributed by atoms with Crippen LogP contribution < -0.4 is 0 Å². The molecule has 0 aliphatic rings. The lowest BCUT2D eigenvalue weighted by Gasteiger charge is -2.07. The van der Waals surface area contributed by atoms with Crippen LogP contribution in [-0.4, -0.2) is 11.5 Å². The van der Waals surface area contributed by atoms with Crippen molar-refractivity contribution in [1.29, 1.82) is 0 Å². The average Bonchev–Trinajstić information content (AvgIpc) is 2.62. The number of aliphatic imine (C=N–C) groups is 1. The summed E-state index contributed by atoms with van der Waals surface area (Å²) in [4.78, 5) is 17.4. The van der Waals surface area contributed by atoms with Gasteiger partial charge in [-0.2, -0.15) is 0 Å². The number of halogens is 1. The van der Waals surface area contributed by atoms with E-state index in [1.807, 2.05) is 60.7 Å². The van der Waals surface area contributed by atoms with E-state index < -0.39 is 0 Å². The Morgan fingerprint density at radius 3 is 1.87 bits per heavy atom. The zero-order valence-electron chi connectivity index (χ0n) is 12.3. The molecule has 0 heterocycles. The van der Waals surface area contributed by atoms with Gasteiger partial charge in [-0.15, -0.1) is 0 Å². The van der Waals surface area contributed by atoms with Crippen LogP contribution in [0.3, 0.4) is 0 Å². The minimum atomic E-state index is -0.114. The Bertz CT molecular complexity index is 825. The van der Waals surface area contributed by atoms with E-state index in [1.165, 1.54) is 0 Å². The van der Waals surface area contributed by atoms with Crippen LogP contribution in [-0.2, 0) is 0 Å². The number of para-hydroxylation sites is 1. The third kappa shape index (κ3) is 3.74. The van der Waals surface area contributed by atoms with Crippen molar-refractivity contribution in [2.45, 2.75) is 0 Å².